The van der Waals surface area contributed by atoms with Crippen LogP contribution in [-0.2, 0) is 21.4 Å². The molecule has 3 aromatic carbocycles. The van der Waals surface area contributed by atoms with Crippen LogP contribution in [0.1, 0.15) is 66.4 Å². The highest BCUT2D eigenvalue weighted by Gasteiger charge is 2.33. The Morgan fingerprint density at radius 2 is 1.44 bits per heavy atom. The fraction of sp³-hybridized carbons (Fsp3) is 0.293. The molecule has 270 valence electrons. The Labute approximate surface area is 307 Å². The Hall–Kier alpha value is -5.39. The Morgan fingerprint density at radius 1 is 0.808 bits per heavy atom. The lowest BCUT2D eigenvalue weighted by Gasteiger charge is -2.24. The molecule has 2 amide bonds. The Balaban J connectivity index is 1.32. The number of aliphatic carboxylic acids is 1. The average Bonchev–Trinajstić information content (AvgIpc) is 3.65. The second kappa shape index (κ2) is 16.8. The van der Waals surface area contributed by atoms with E-state index in [1.165, 1.54) is 11.3 Å². The molecule has 10 nitrogen and oxygen atoms in total. The lowest BCUT2D eigenvalue weighted by Crippen LogP contribution is -2.54. The molecular weight excluding hydrogens is 677 g/mol. The zero-order valence-corrected chi connectivity index (χ0v) is 30.7. The summed E-state index contributed by atoms with van der Waals surface area (Å²) in [6, 6.07) is 24.1. The summed E-state index contributed by atoms with van der Waals surface area (Å²) in [7, 11) is 0. The van der Waals surface area contributed by atoms with Crippen LogP contribution >= 0.6 is 11.3 Å². The van der Waals surface area contributed by atoms with E-state index in [0.29, 0.717) is 34.4 Å². The fourth-order valence-corrected chi connectivity index (χ4v) is 6.30. The number of carboxylic acid groups (broad SMARTS) is 1. The molecule has 3 unspecified atom stereocenters. The van der Waals surface area contributed by atoms with E-state index in [1.54, 1.807) is 48.8 Å². The highest BCUT2D eigenvalue weighted by Crippen LogP contribution is 2.30. The predicted molar refractivity (Wildman–Crippen MR) is 202 cm³/mol. The highest BCUT2D eigenvalue weighted by atomic mass is 32.1. The minimum atomic E-state index is -1.65. The summed E-state index contributed by atoms with van der Waals surface area (Å²) in [5, 5.41) is 26.1. The van der Waals surface area contributed by atoms with Gasteiger partial charge in [0.2, 0.25) is 5.91 Å². The molecule has 2 aromatic heterocycles. The van der Waals surface area contributed by atoms with Crippen molar-refractivity contribution >= 4 is 29.1 Å². The van der Waals surface area contributed by atoms with Gasteiger partial charge in [-0.05, 0) is 52.3 Å². The first-order valence-corrected chi connectivity index (χ1v) is 17.9. The number of carbonyl (C=O) groups is 3. The number of thiophene rings is 1. The van der Waals surface area contributed by atoms with Crippen molar-refractivity contribution in [2.75, 3.05) is 6.61 Å². The van der Waals surface area contributed by atoms with Crippen LogP contribution in [0.3, 0.4) is 0 Å². The average molecular weight is 721 g/mol. The second-order valence-electron chi connectivity index (χ2n) is 14.0. The van der Waals surface area contributed by atoms with Crippen LogP contribution in [0.25, 0.3) is 22.5 Å². The van der Waals surface area contributed by atoms with Crippen LogP contribution in [0, 0.1) is 5.92 Å². The van der Waals surface area contributed by atoms with Crippen molar-refractivity contribution in [3.05, 3.63) is 124 Å². The van der Waals surface area contributed by atoms with Gasteiger partial charge in [0.25, 0.3) is 5.91 Å². The van der Waals surface area contributed by atoms with Gasteiger partial charge in [0, 0.05) is 34.8 Å². The number of carboxylic acids is 1. The van der Waals surface area contributed by atoms with Crippen LogP contribution in [0.5, 0.6) is 5.75 Å². The van der Waals surface area contributed by atoms with E-state index >= 15 is 0 Å². The molecule has 0 aliphatic rings. The Morgan fingerprint density at radius 3 is 2.02 bits per heavy atom. The summed E-state index contributed by atoms with van der Waals surface area (Å²) in [5.74, 6) is -0.856. The van der Waals surface area contributed by atoms with Crippen molar-refractivity contribution in [3.8, 4) is 28.3 Å². The third kappa shape index (κ3) is 9.89. The van der Waals surface area contributed by atoms with Crippen LogP contribution in [0.15, 0.2) is 103 Å². The number of ether oxygens (including phenoxy) is 1. The van der Waals surface area contributed by atoms with Gasteiger partial charge in [-0.25, -0.2) is 14.8 Å². The number of rotatable bonds is 14. The summed E-state index contributed by atoms with van der Waals surface area (Å²) in [6.45, 7) is 11.0. The third-order valence-electron chi connectivity index (χ3n) is 8.29. The molecule has 0 saturated heterocycles. The smallest absolute Gasteiger partial charge is 0.329 e. The number of carbonyl (C=O) groups excluding carboxylic acids is 2. The lowest BCUT2D eigenvalue weighted by molar-refractivity contribution is -0.145. The molecule has 0 radical (unpaired) electrons. The summed E-state index contributed by atoms with van der Waals surface area (Å²) in [5.41, 5.74) is 3.45. The van der Waals surface area contributed by atoms with Crippen molar-refractivity contribution < 1.29 is 29.3 Å². The topological polar surface area (TPSA) is 151 Å². The normalized spacial score (nSPS) is 13.2. The van der Waals surface area contributed by atoms with Gasteiger partial charge in [-0.15, -0.1) is 11.3 Å². The number of amides is 2. The molecule has 4 N–H and O–H groups in total. The number of aliphatic hydroxyl groups excluding tert-OH is 1. The molecule has 0 saturated carbocycles. The fourth-order valence-electron chi connectivity index (χ4n) is 5.33. The highest BCUT2D eigenvalue weighted by molar-refractivity contribution is 7.14. The van der Waals surface area contributed by atoms with Gasteiger partial charge in [0.15, 0.2) is 11.9 Å². The number of aromatic nitrogens is 2. The largest absolute Gasteiger partial charge is 0.493 e. The van der Waals surface area contributed by atoms with Crippen molar-refractivity contribution in [3.63, 3.8) is 0 Å². The van der Waals surface area contributed by atoms with Crippen LogP contribution in [0.4, 0.5) is 0 Å². The molecule has 52 heavy (non-hydrogen) atoms. The van der Waals surface area contributed by atoms with Gasteiger partial charge < -0.3 is 25.6 Å². The SMILES string of the molecule is CC(C)COc1ccc(-c2cnc(-c3ccc(CC(NC(=O)c4ccc(C(C)(C)C)s4)C(=O)NC(C(=O)O)C(O)c4ccccc4)cc3)nc2)cc1. The number of nitrogens with zero attached hydrogens (tertiary/aromatic N) is 2. The monoisotopic (exact) mass is 720 g/mol. The zero-order valence-electron chi connectivity index (χ0n) is 29.9. The molecule has 0 aliphatic carbocycles. The lowest BCUT2D eigenvalue weighted by atomic mass is 9.95. The van der Waals surface area contributed by atoms with Crippen molar-refractivity contribution in [2.45, 2.75) is 64.6 Å². The molecule has 0 fully saturated rings. The Bertz CT molecular complexity index is 1950. The van der Waals surface area contributed by atoms with Gasteiger partial charge >= 0.3 is 5.97 Å². The molecular formula is C41H44N4O6S. The standard InChI is InChI=1S/C41H44N4O6S/c1-25(2)24-51-31-17-15-27(16-18-31)30-22-42-37(43-23-30)29-13-11-26(12-14-29)21-32(44-39(48)33-19-20-34(52-33)41(3,4)5)38(47)45-35(40(49)50)36(46)28-9-7-6-8-10-28/h6-20,22-23,25,32,35-36,46H,21,24H2,1-5H3,(H,44,48)(H,45,47)(H,49,50). The van der Waals surface area contributed by atoms with E-state index in [-0.39, 0.29) is 11.8 Å². The summed E-state index contributed by atoms with van der Waals surface area (Å²) in [4.78, 5) is 49.9. The second-order valence-corrected chi connectivity index (χ2v) is 15.1. The van der Waals surface area contributed by atoms with E-state index in [4.69, 9.17) is 4.74 Å². The molecule has 0 aliphatic heterocycles. The number of nitrogens with one attached hydrogen (secondary N) is 2. The van der Waals surface area contributed by atoms with E-state index in [0.717, 1.165) is 27.3 Å². The maximum atomic E-state index is 13.7. The van der Waals surface area contributed by atoms with E-state index in [1.807, 2.05) is 75.4 Å². The quantitative estimate of drug-likeness (QED) is 0.0973. The van der Waals surface area contributed by atoms with Crippen molar-refractivity contribution in [1.82, 2.24) is 20.6 Å². The molecule has 3 atom stereocenters. The molecule has 5 aromatic rings. The summed E-state index contributed by atoms with van der Waals surface area (Å²) < 4.78 is 5.78. The van der Waals surface area contributed by atoms with E-state index in [9.17, 15) is 24.6 Å². The maximum absolute atomic E-state index is 13.7. The van der Waals surface area contributed by atoms with E-state index < -0.39 is 36.0 Å². The molecule has 0 spiro atoms. The van der Waals surface area contributed by atoms with Crippen molar-refractivity contribution in [1.29, 1.82) is 0 Å². The molecule has 0 bridgehead atoms. The minimum Gasteiger partial charge on any atom is -0.493 e. The van der Waals surface area contributed by atoms with Crippen LogP contribution in [-0.4, -0.2) is 56.7 Å². The Kier molecular flexibility index (Phi) is 12.2. The number of hydrogen-bond donors (Lipinski definition) is 4. The van der Waals surface area contributed by atoms with Gasteiger partial charge in [-0.2, -0.15) is 0 Å². The van der Waals surface area contributed by atoms with Gasteiger partial charge in [0.05, 0.1) is 11.5 Å². The third-order valence-corrected chi connectivity index (χ3v) is 9.80. The number of benzene rings is 3. The minimum absolute atomic E-state index is 0.0554. The van der Waals surface area contributed by atoms with Crippen LogP contribution in [0.2, 0.25) is 0 Å². The maximum Gasteiger partial charge on any atom is 0.329 e. The van der Waals surface area contributed by atoms with Gasteiger partial charge in [0.1, 0.15) is 17.9 Å². The first kappa shape index (κ1) is 37.9. The first-order chi connectivity index (χ1) is 24.8. The predicted octanol–water partition coefficient (Wildman–Crippen LogP) is 6.85. The van der Waals surface area contributed by atoms with Crippen LogP contribution < -0.4 is 15.4 Å². The number of hydrogen-bond acceptors (Lipinski definition) is 8. The number of aliphatic hydroxyl groups is 1. The van der Waals surface area contributed by atoms with E-state index in [2.05, 4.69) is 34.4 Å². The van der Waals surface area contributed by atoms with Crippen molar-refractivity contribution in [2.24, 2.45) is 5.92 Å². The molecule has 2 heterocycles. The first-order valence-electron chi connectivity index (χ1n) is 17.1. The molecule has 5 rings (SSSR count). The molecule has 11 heteroatoms. The summed E-state index contributed by atoms with van der Waals surface area (Å²) >= 11 is 1.33. The van der Waals surface area contributed by atoms with Gasteiger partial charge in [-0.3, -0.25) is 9.59 Å². The zero-order chi connectivity index (χ0) is 37.4. The van der Waals surface area contributed by atoms with Gasteiger partial charge in [-0.1, -0.05) is 101 Å². The summed E-state index contributed by atoms with van der Waals surface area (Å²) in [6.07, 6.45) is 2.06.